The Labute approximate surface area is 117 Å². The molecule has 1 heterocycles. The largest absolute Gasteiger partial charge is 0.492 e. The molecule has 0 saturated heterocycles. The highest BCUT2D eigenvalue weighted by molar-refractivity contribution is 5.95. The van der Waals surface area contributed by atoms with Crippen LogP contribution in [0.2, 0.25) is 0 Å². The number of ether oxygens (including phenoxy) is 1. The molecule has 1 aromatic carbocycles. The summed E-state index contributed by atoms with van der Waals surface area (Å²) in [6, 6.07) is 10.6. The van der Waals surface area contributed by atoms with Gasteiger partial charge in [-0.05, 0) is 43.3 Å². The van der Waals surface area contributed by atoms with Crippen molar-refractivity contribution in [3.8, 4) is 5.75 Å². The van der Waals surface area contributed by atoms with Crippen LogP contribution in [0, 0.1) is 6.92 Å². The molecular weight excluding hydrogens is 254 g/mol. The van der Waals surface area contributed by atoms with Crippen LogP contribution in [0.5, 0.6) is 5.75 Å². The van der Waals surface area contributed by atoms with Crippen molar-refractivity contribution in [3.63, 3.8) is 0 Å². The van der Waals surface area contributed by atoms with Crippen molar-refractivity contribution in [3.05, 3.63) is 53.9 Å². The molecule has 1 aromatic heterocycles. The molecule has 5 nitrogen and oxygen atoms in total. The average Bonchev–Trinajstić information content (AvgIpc) is 2.46. The van der Waals surface area contributed by atoms with Crippen LogP contribution in [0.1, 0.15) is 16.1 Å². The molecule has 0 radical (unpaired) electrons. The second-order valence-corrected chi connectivity index (χ2v) is 4.31. The maximum absolute atomic E-state index is 11.9. The van der Waals surface area contributed by atoms with Crippen LogP contribution in [-0.2, 0) is 0 Å². The van der Waals surface area contributed by atoms with E-state index in [1.807, 2.05) is 0 Å². The molecule has 5 heteroatoms. The van der Waals surface area contributed by atoms with Crippen LogP contribution in [-0.4, -0.2) is 24.0 Å². The van der Waals surface area contributed by atoms with Crippen molar-refractivity contribution in [1.82, 2.24) is 10.3 Å². The van der Waals surface area contributed by atoms with E-state index in [2.05, 4.69) is 10.3 Å². The van der Waals surface area contributed by atoms with Gasteiger partial charge >= 0.3 is 0 Å². The third-order valence-corrected chi connectivity index (χ3v) is 2.79. The fourth-order valence-electron chi connectivity index (χ4n) is 1.72. The van der Waals surface area contributed by atoms with E-state index in [4.69, 9.17) is 10.5 Å². The Morgan fingerprint density at radius 1 is 1.30 bits per heavy atom. The summed E-state index contributed by atoms with van der Waals surface area (Å²) < 4.78 is 5.49. The van der Waals surface area contributed by atoms with Crippen molar-refractivity contribution >= 4 is 11.6 Å². The normalized spacial score (nSPS) is 10.1. The zero-order valence-electron chi connectivity index (χ0n) is 11.3. The second kappa shape index (κ2) is 6.56. The smallest absolute Gasteiger partial charge is 0.253 e. The van der Waals surface area contributed by atoms with Gasteiger partial charge in [-0.1, -0.05) is 0 Å². The molecule has 0 unspecified atom stereocenters. The molecule has 0 fully saturated rings. The molecule has 104 valence electrons. The summed E-state index contributed by atoms with van der Waals surface area (Å²) in [6.07, 6.45) is 1.66. The van der Waals surface area contributed by atoms with E-state index >= 15 is 0 Å². The molecule has 0 saturated carbocycles. The van der Waals surface area contributed by atoms with Gasteiger partial charge in [-0.2, -0.15) is 0 Å². The van der Waals surface area contributed by atoms with Gasteiger partial charge in [0.05, 0.1) is 12.1 Å². The molecule has 0 aliphatic carbocycles. The minimum Gasteiger partial charge on any atom is -0.492 e. The lowest BCUT2D eigenvalue weighted by atomic mass is 10.2. The van der Waals surface area contributed by atoms with Crippen molar-refractivity contribution in [2.45, 2.75) is 6.92 Å². The van der Waals surface area contributed by atoms with E-state index in [-0.39, 0.29) is 5.91 Å². The third kappa shape index (κ3) is 3.71. The summed E-state index contributed by atoms with van der Waals surface area (Å²) in [7, 11) is 0. The molecule has 0 atom stereocenters. The number of hydrogen-bond acceptors (Lipinski definition) is 4. The number of aryl methyl sites for hydroxylation is 1. The number of carbonyl (C=O) groups excluding carboxylic acids is 1. The average molecular weight is 271 g/mol. The first-order valence-corrected chi connectivity index (χ1v) is 6.35. The summed E-state index contributed by atoms with van der Waals surface area (Å²) in [5.74, 6) is 0.586. The maximum atomic E-state index is 11.9. The number of nitrogens with zero attached hydrogens (tertiary/aromatic N) is 1. The van der Waals surface area contributed by atoms with Crippen molar-refractivity contribution in [2.24, 2.45) is 0 Å². The van der Waals surface area contributed by atoms with Crippen molar-refractivity contribution in [2.75, 3.05) is 18.9 Å². The second-order valence-electron chi connectivity index (χ2n) is 4.31. The Bertz CT molecular complexity index is 582. The van der Waals surface area contributed by atoms with Gasteiger partial charge in [-0.15, -0.1) is 0 Å². The SMILES string of the molecule is Cc1ncccc1C(=O)NCCOc1ccc(N)cc1. The number of nitrogens with two attached hydrogens (primary N) is 1. The predicted octanol–water partition coefficient (Wildman–Crippen LogP) is 1.78. The van der Waals surface area contributed by atoms with Crippen LogP contribution in [0.4, 0.5) is 5.69 Å². The van der Waals surface area contributed by atoms with Gasteiger partial charge in [-0.25, -0.2) is 0 Å². The highest BCUT2D eigenvalue weighted by Gasteiger charge is 2.07. The predicted molar refractivity (Wildman–Crippen MR) is 77.7 cm³/mol. The fourth-order valence-corrected chi connectivity index (χ4v) is 1.72. The van der Waals surface area contributed by atoms with E-state index in [0.29, 0.717) is 30.1 Å². The number of carbonyl (C=O) groups is 1. The molecule has 1 amide bonds. The quantitative estimate of drug-likeness (QED) is 0.642. The highest BCUT2D eigenvalue weighted by atomic mass is 16.5. The number of aromatic nitrogens is 1. The molecule has 2 rings (SSSR count). The van der Waals surface area contributed by atoms with Gasteiger partial charge in [0, 0.05) is 17.6 Å². The molecule has 3 N–H and O–H groups in total. The summed E-state index contributed by atoms with van der Waals surface area (Å²) in [4.78, 5) is 16.0. The molecule has 0 aliphatic heterocycles. The van der Waals surface area contributed by atoms with Crippen LogP contribution in [0.15, 0.2) is 42.6 Å². The topological polar surface area (TPSA) is 77.2 Å². The van der Waals surface area contributed by atoms with Crippen LogP contribution < -0.4 is 15.8 Å². The first kappa shape index (κ1) is 13.9. The molecule has 20 heavy (non-hydrogen) atoms. The Hall–Kier alpha value is -2.56. The van der Waals surface area contributed by atoms with Gasteiger partial charge in [0.1, 0.15) is 12.4 Å². The van der Waals surface area contributed by atoms with Gasteiger partial charge < -0.3 is 15.8 Å². The molecule has 0 aliphatic rings. The summed E-state index contributed by atoms with van der Waals surface area (Å²) in [5.41, 5.74) is 7.57. The Morgan fingerprint density at radius 2 is 2.05 bits per heavy atom. The molecule has 0 spiro atoms. The molecular formula is C15H17N3O2. The number of rotatable bonds is 5. The fraction of sp³-hybridized carbons (Fsp3) is 0.200. The highest BCUT2D eigenvalue weighted by Crippen LogP contribution is 2.12. The lowest BCUT2D eigenvalue weighted by Crippen LogP contribution is -2.28. The van der Waals surface area contributed by atoms with Gasteiger partial charge in [0.2, 0.25) is 0 Å². The van der Waals surface area contributed by atoms with Gasteiger partial charge in [0.15, 0.2) is 0 Å². The zero-order valence-corrected chi connectivity index (χ0v) is 11.3. The number of benzene rings is 1. The number of anilines is 1. The zero-order chi connectivity index (χ0) is 14.4. The standard InChI is InChI=1S/C15H17N3O2/c1-11-14(3-2-8-17-11)15(19)18-9-10-20-13-6-4-12(16)5-7-13/h2-8H,9-10,16H2,1H3,(H,18,19). The Morgan fingerprint density at radius 3 is 2.75 bits per heavy atom. The molecule has 0 bridgehead atoms. The van der Waals surface area contributed by atoms with Gasteiger partial charge in [0.25, 0.3) is 5.91 Å². The maximum Gasteiger partial charge on any atom is 0.253 e. The number of hydrogen-bond donors (Lipinski definition) is 2. The van der Waals surface area contributed by atoms with Crippen molar-refractivity contribution < 1.29 is 9.53 Å². The first-order chi connectivity index (χ1) is 9.66. The first-order valence-electron chi connectivity index (χ1n) is 6.35. The minimum absolute atomic E-state index is 0.142. The number of nitrogen functional groups attached to an aromatic ring is 1. The van der Waals surface area contributed by atoms with E-state index in [0.717, 1.165) is 5.75 Å². The van der Waals surface area contributed by atoms with Crippen LogP contribution in [0.25, 0.3) is 0 Å². The third-order valence-electron chi connectivity index (χ3n) is 2.79. The van der Waals surface area contributed by atoms with Gasteiger partial charge in [-0.3, -0.25) is 9.78 Å². The van der Waals surface area contributed by atoms with E-state index in [1.165, 1.54) is 0 Å². The number of pyridine rings is 1. The lowest BCUT2D eigenvalue weighted by molar-refractivity contribution is 0.0946. The van der Waals surface area contributed by atoms with E-state index in [1.54, 1.807) is 49.5 Å². The van der Waals surface area contributed by atoms with Crippen LogP contribution >= 0.6 is 0 Å². The summed E-state index contributed by atoms with van der Waals surface area (Å²) in [6.45, 7) is 2.63. The van der Waals surface area contributed by atoms with E-state index < -0.39 is 0 Å². The number of amides is 1. The monoisotopic (exact) mass is 271 g/mol. The van der Waals surface area contributed by atoms with E-state index in [9.17, 15) is 4.79 Å². The van der Waals surface area contributed by atoms with Crippen LogP contribution in [0.3, 0.4) is 0 Å². The summed E-state index contributed by atoms with van der Waals surface area (Å²) >= 11 is 0. The summed E-state index contributed by atoms with van der Waals surface area (Å²) in [5, 5.41) is 2.79. The Kier molecular flexibility index (Phi) is 4.55. The minimum atomic E-state index is -0.142. The van der Waals surface area contributed by atoms with Crippen molar-refractivity contribution in [1.29, 1.82) is 0 Å². The lowest BCUT2D eigenvalue weighted by Gasteiger charge is -2.08. The Balaban J connectivity index is 1.77. The number of nitrogens with one attached hydrogen (secondary N) is 1. The molecule has 2 aromatic rings.